The van der Waals surface area contributed by atoms with E-state index in [4.69, 9.17) is 0 Å². The van der Waals surface area contributed by atoms with Crippen molar-refractivity contribution in [1.29, 1.82) is 0 Å². The van der Waals surface area contributed by atoms with Crippen LogP contribution in [0.1, 0.15) is 103 Å². The Hall–Kier alpha value is -1.41. The van der Waals surface area contributed by atoms with Crippen molar-refractivity contribution in [2.45, 2.75) is 115 Å². The summed E-state index contributed by atoms with van der Waals surface area (Å²) in [6.45, 7) is 9.21. The van der Waals surface area contributed by atoms with Gasteiger partial charge in [-0.2, -0.15) is 0 Å². The zero-order chi connectivity index (χ0) is 23.2. The number of hydrogen-bond donors (Lipinski definition) is 0. The zero-order valence-electron chi connectivity index (χ0n) is 21.1. The lowest BCUT2D eigenvalue weighted by Crippen LogP contribution is -1.95. The molecule has 0 saturated heterocycles. The summed E-state index contributed by atoms with van der Waals surface area (Å²) in [5.41, 5.74) is 2.72. The Labute approximate surface area is 200 Å². The first-order valence-electron chi connectivity index (χ1n) is 13.1. The molecule has 1 nitrogen and oxygen atoms in total. The minimum absolute atomic E-state index is 0.823. The Kier molecular flexibility index (Phi) is 12.9. The van der Waals surface area contributed by atoms with Gasteiger partial charge in [-0.1, -0.05) is 103 Å². The Morgan fingerprint density at radius 2 is 0.875 bits per heavy atom. The second-order valence-corrected chi connectivity index (χ2v) is 11.7. The predicted octanol–water partition coefficient (Wildman–Crippen LogP) is 9.15. The fourth-order valence-corrected chi connectivity index (χ4v) is 5.20. The maximum Gasteiger partial charge on any atom is 0.0849 e. The SMILES string of the molecule is CC(C)CCCCCCc1ccc(S(=O)c2ccc(CCCCCCC(C)C)cc2)cc1. The zero-order valence-corrected chi connectivity index (χ0v) is 21.9. The van der Waals surface area contributed by atoms with Gasteiger partial charge < -0.3 is 0 Å². The summed E-state index contributed by atoms with van der Waals surface area (Å²) in [6.07, 6.45) is 15.5. The normalized spacial score (nSPS) is 11.7. The third kappa shape index (κ3) is 10.9. The summed E-state index contributed by atoms with van der Waals surface area (Å²) < 4.78 is 13.0. The van der Waals surface area contributed by atoms with Gasteiger partial charge in [0.25, 0.3) is 0 Å². The van der Waals surface area contributed by atoms with E-state index in [1.165, 1.54) is 75.3 Å². The number of aryl methyl sites for hydroxylation is 2. The van der Waals surface area contributed by atoms with Gasteiger partial charge in [0.15, 0.2) is 0 Å². The molecule has 32 heavy (non-hydrogen) atoms. The molecule has 0 fully saturated rings. The molecule has 2 rings (SSSR count). The second kappa shape index (κ2) is 15.4. The molecule has 0 bridgehead atoms. The highest BCUT2D eigenvalue weighted by atomic mass is 32.2. The molecule has 0 heterocycles. The van der Waals surface area contributed by atoms with Crippen LogP contribution in [0.2, 0.25) is 0 Å². The van der Waals surface area contributed by atoms with Crippen LogP contribution in [-0.4, -0.2) is 4.21 Å². The largest absolute Gasteiger partial charge is 0.249 e. The fourth-order valence-electron chi connectivity index (χ4n) is 4.17. The average molecular weight is 455 g/mol. The Bertz CT molecular complexity index is 693. The molecule has 0 N–H and O–H groups in total. The van der Waals surface area contributed by atoms with Crippen molar-refractivity contribution in [2.75, 3.05) is 0 Å². The second-order valence-electron chi connectivity index (χ2n) is 10.3. The molecule has 0 radical (unpaired) electrons. The van der Waals surface area contributed by atoms with Crippen molar-refractivity contribution in [3.05, 3.63) is 59.7 Å². The van der Waals surface area contributed by atoms with Crippen molar-refractivity contribution >= 4 is 10.8 Å². The molecule has 2 heteroatoms. The smallest absolute Gasteiger partial charge is 0.0849 e. The minimum Gasteiger partial charge on any atom is -0.249 e. The van der Waals surface area contributed by atoms with E-state index in [0.717, 1.165) is 34.5 Å². The fraction of sp³-hybridized carbons (Fsp3) is 0.600. The molecular weight excluding hydrogens is 408 g/mol. The Morgan fingerprint density at radius 3 is 1.22 bits per heavy atom. The molecule has 0 saturated carbocycles. The van der Waals surface area contributed by atoms with Crippen LogP contribution >= 0.6 is 0 Å². The van der Waals surface area contributed by atoms with E-state index < -0.39 is 10.8 Å². The van der Waals surface area contributed by atoms with E-state index in [0.29, 0.717) is 0 Å². The van der Waals surface area contributed by atoms with Crippen molar-refractivity contribution < 1.29 is 4.21 Å². The molecule has 2 aromatic carbocycles. The van der Waals surface area contributed by atoms with Gasteiger partial charge in [-0.25, -0.2) is 4.21 Å². The molecule has 178 valence electrons. The maximum atomic E-state index is 13.0. The van der Waals surface area contributed by atoms with Gasteiger partial charge in [-0.15, -0.1) is 0 Å². The molecule has 0 amide bonds. The standard InChI is InChI=1S/C30H46OS/c1-25(2)13-9-5-7-11-15-27-17-21-29(22-18-27)32(31)30-23-19-28(20-24-30)16-12-8-6-10-14-26(3)4/h17-26H,5-16H2,1-4H3. The first-order chi connectivity index (χ1) is 15.5. The molecule has 0 aliphatic carbocycles. The van der Waals surface area contributed by atoms with E-state index in [1.807, 2.05) is 0 Å². The van der Waals surface area contributed by atoms with Gasteiger partial charge >= 0.3 is 0 Å². The molecule has 0 spiro atoms. The third-order valence-electron chi connectivity index (χ3n) is 6.27. The lowest BCUT2D eigenvalue weighted by molar-refractivity contribution is 0.520. The van der Waals surface area contributed by atoms with Crippen LogP contribution in [0.15, 0.2) is 58.3 Å². The molecule has 2 aromatic rings. The monoisotopic (exact) mass is 454 g/mol. The van der Waals surface area contributed by atoms with E-state index in [1.54, 1.807) is 0 Å². The van der Waals surface area contributed by atoms with Crippen molar-refractivity contribution in [3.8, 4) is 0 Å². The van der Waals surface area contributed by atoms with Crippen LogP contribution < -0.4 is 0 Å². The first-order valence-corrected chi connectivity index (χ1v) is 14.2. The number of unbranched alkanes of at least 4 members (excludes halogenated alkanes) is 6. The summed E-state index contributed by atoms with van der Waals surface area (Å²) in [5.74, 6) is 1.65. The Balaban J connectivity index is 1.71. The van der Waals surface area contributed by atoms with E-state index >= 15 is 0 Å². The van der Waals surface area contributed by atoms with Gasteiger partial charge in [0.2, 0.25) is 0 Å². The Morgan fingerprint density at radius 1 is 0.531 bits per heavy atom. The summed E-state index contributed by atoms with van der Waals surface area (Å²) in [4.78, 5) is 1.81. The van der Waals surface area contributed by atoms with Crippen molar-refractivity contribution in [2.24, 2.45) is 11.8 Å². The quantitative estimate of drug-likeness (QED) is 0.231. The summed E-state index contributed by atoms with van der Waals surface area (Å²) in [6, 6.07) is 16.9. The van der Waals surface area contributed by atoms with Crippen LogP contribution in [0.5, 0.6) is 0 Å². The summed E-state index contributed by atoms with van der Waals surface area (Å²) in [5, 5.41) is 0. The van der Waals surface area contributed by atoms with Gasteiger partial charge in [-0.3, -0.25) is 0 Å². The molecule has 0 unspecified atom stereocenters. The highest BCUT2D eigenvalue weighted by Gasteiger charge is 2.07. The number of benzene rings is 2. The highest BCUT2D eigenvalue weighted by molar-refractivity contribution is 7.85. The molecule has 0 aliphatic rings. The third-order valence-corrected chi connectivity index (χ3v) is 7.67. The van der Waals surface area contributed by atoms with Gasteiger partial charge in [-0.05, 0) is 72.9 Å². The lowest BCUT2D eigenvalue weighted by atomic mass is 10.0. The molecule has 0 atom stereocenters. The van der Waals surface area contributed by atoms with Crippen LogP contribution in [0.4, 0.5) is 0 Å². The molecule has 0 aromatic heterocycles. The van der Waals surface area contributed by atoms with Gasteiger partial charge in [0.05, 0.1) is 10.8 Å². The van der Waals surface area contributed by atoms with Crippen LogP contribution in [0, 0.1) is 11.8 Å². The lowest BCUT2D eigenvalue weighted by Gasteiger charge is -2.07. The summed E-state index contributed by atoms with van der Waals surface area (Å²) >= 11 is 0. The van der Waals surface area contributed by atoms with E-state index in [-0.39, 0.29) is 0 Å². The topological polar surface area (TPSA) is 17.1 Å². The van der Waals surface area contributed by atoms with Crippen LogP contribution in [0.3, 0.4) is 0 Å². The number of rotatable bonds is 16. The molecule has 0 aliphatic heterocycles. The average Bonchev–Trinajstić information content (AvgIpc) is 2.78. The highest BCUT2D eigenvalue weighted by Crippen LogP contribution is 2.20. The van der Waals surface area contributed by atoms with Crippen LogP contribution in [-0.2, 0) is 23.6 Å². The molecular formula is C30H46OS. The summed E-state index contributed by atoms with van der Waals surface area (Å²) in [7, 11) is -1.09. The van der Waals surface area contributed by atoms with Crippen molar-refractivity contribution in [3.63, 3.8) is 0 Å². The predicted molar refractivity (Wildman–Crippen MR) is 141 cm³/mol. The maximum absolute atomic E-state index is 13.0. The van der Waals surface area contributed by atoms with Crippen LogP contribution in [0.25, 0.3) is 0 Å². The first kappa shape index (κ1) is 26.8. The van der Waals surface area contributed by atoms with Gasteiger partial charge in [0.1, 0.15) is 0 Å². The van der Waals surface area contributed by atoms with Crippen molar-refractivity contribution in [1.82, 2.24) is 0 Å². The van der Waals surface area contributed by atoms with E-state index in [9.17, 15) is 4.21 Å². The van der Waals surface area contributed by atoms with E-state index in [2.05, 4.69) is 76.2 Å². The minimum atomic E-state index is -1.09. The van der Waals surface area contributed by atoms with Gasteiger partial charge in [0, 0.05) is 9.79 Å². The number of hydrogen-bond acceptors (Lipinski definition) is 1.